The van der Waals surface area contributed by atoms with Gasteiger partial charge in [-0.3, -0.25) is 0 Å². The average molecular weight is 353 g/mol. The average Bonchev–Trinajstić information content (AvgIpc) is 3.20. The summed E-state index contributed by atoms with van der Waals surface area (Å²) >= 11 is 3.31. The highest BCUT2D eigenvalue weighted by atomic mass is 32.2. The van der Waals surface area contributed by atoms with Crippen LogP contribution >= 0.6 is 23.1 Å². The Balaban J connectivity index is 1.72. The Bertz CT molecular complexity index is 989. The molecule has 0 fully saturated rings. The van der Waals surface area contributed by atoms with Gasteiger partial charge in [-0.2, -0.15) is 0 Å². The molecule has 3 aromatic heterocycles. The molecule has 0 unspecified atom stereocenters. The number of benzene rings is 1. The van der Waals surface area contributed by atoms with E-state index >= 15 is 0 Å². The van der Waals surface area contributed by atoms with E-state index < -0.39 is 0 Å². The molecule has 0 amide bonds. The first-order chi connectivity index (χ1) is 11.7. The lowest BCUT2D eigenvalue weighted by Crippen LogP contribution is -1.87. The maximum atomic E-state index is 5.30. The fraction of sp³-hybridized carbons (Fsp3) is 0.167. The van der Waals surface area contributed by atoms with E-state index in [1.54, 1.807) is 29.4 Å². The second kappa shape index (κ2) is 6.37. The summed E-state index contributed by atoms with van der Waals surface area (Å²) in [5.41, 5.74) is 4.53. The van der Waals surface area contributed by atoms with Gasteiger partial charge >= 0.3 is 0 Å². The minimum Gasteiger partial charge on any atom is -0.360 e. The lowest BCUT2D eigenvalue weighted by molar-refractivity contribution is 0.391. The Labute approximate surface area is 147 Å². The van der Waals surface area contributed by atoms with Gasteiger partial charge in [0.1, 0.15) is 21.9 Å². The van der Waals surface area contributed by atoms with Crippen LogP contribution in [0, 0.1) is 13.8 Å². The molecule has 0 saturated heterocycles. The summed E-state index contributed by atoms with van der Waals surface area (Å²) in [6.07, 6.45) is 1.63. The Morgan fingerprint density at radius 1 is 1.12 bits per heavy atom. The predicted molar refractivity (Wildman–Crippen MR) is 98.4 cm³/mol. The molecule has 0 aliphatic heterocycles. The maximum absolute atomic E-state index is 5.30. The molecule has 4 rings (SSSR count). The van der Waals surface area contributed by atoms with Crippen molar-refractivity contribution in [3.05, 3.63) is 59.1 Å². The van der Waals surface area contributed by atoms with Gasteiger partial charge in [-0.05, 0) is 19.4 Å². The summed E-state index contributed by atoms with van der Waals surface area (Å²) in [5, 5.41) is 8.19. The molecule has 4 aromatic rings. The van der Waals surface area contributed by atoms with Crippen molar-refractivity contribution in [2.24, 2.45) is 0 Å². The third-order valence-electron chi connectivity index (χ3n) is 3.73. The van der Waals surface area contributed by atoms with Crippen LogP contribution in [0.3, 0.4) is 0 Å². The number of rotatable bonds is 4. The zero-order valence-electron chi connectivity index (χ0n) is 13.3. The summed E-state index contributed by atoms with van der Waals surface area (Å²) in [4.78, 5) is 9.94. The zero-order chi connectivity index (χ0) is 16.5. The zero-order valence-corrected chi connectivity index (χ0v) is 14.9. The van der Waals surface area contributed by atoms with E-state index in [-0.39, 0.29) is 0 Å². The third-order valence-corrected chi connectivity index (χ3v) is 5.62. The van der Waals surface area contributed by atoms with Crippen LogP contribution in [0.5, 0.6) is 0 Å². The van der Waals surface area contributed by atoms with E-state index in [4.69, 9.17) is 4.52 Å². The number of hydrogen-bond donors (Lipinski definition) is 0. The second-order valence-corrected chi connectivity index (χ2v) is 7.42. The van der Waals surface area contributed by atoms with E-state index in [1.807, 2.05) is 13.0 Å². The molecule has 24 heavy (non-hydrogen) atoms. The van der Waals surface area contributed by atoms with Crippen LogP contribution in [-0.4, -0.2) is 15.1 Å². The highest BCUT2D eigenvalue weighted by molar-refractivity contribution is 7.98. The van der Waals surface area contributed by atoms with E-state index in [9.17, 15) is 0 Å². The van der Waals surface area contributed by atoms with Gasteiger partial charge in [0.25, 0.3) is 0 Å². The maximum Gasteiger partial charge on any atom is 0.147 e. The fourth-order valence-corrected chi connectivity index (χ4v) is 4.39. The number of thiophene rings is 1. The number of nitrogens with zero attached hydrogens (tertiary/aromatic N) is 3. The predicted octanol–water partition coefficient (Wildman–Crippen LogP) is 5.26. The molecule has 1 aromatic carbocycles. The first kappa shape index (κ1) is 15.4. The van der Waals surface area contributed by atoms with Crippen molar-refractivity contribution in [2.45, 2.75) is 24.6 Å². The number of fused-ring (bicyclic) bond motifs is 1. The number of thioether (sulfide) groups is 1. The summed E-state index contributed by atoms with van der Waals surface area (Å²) in [6.45, 7) is 4.02. The molecule has 4 nitrogen and oxygen atoms in total. The molecule has 0 aliphatic carbocycles. The van der Waals surface area contributed by atoms with Crippen LogP contribution in [0.15, 0.2) is 51.6 Å². The molecule has 0 atom stereocenters. The standard InChI is InChI=1S/C18H15N3OS2/c1-11-3-5-13(6-4-11)15-9-24-18-16(15)17(19-10-20-18)23-8-14-7-12(2)21-22-14/h3-7,9-10H,8H2,1-2H3. The van der Waals surface area contributed by atoms with Crippen molar-refractivity contribution < 1.29 is 4.52 Å². The largest absolute Gasteiger partial charge is 0.360 e. The van der Waals surface area contributed by atoms with Crippen molar-refractivity contribution in [3.63, 3.8) is 0 Å². The summed E-state index contributed by atoms with van der Waals surface area (Å²) in [7, 11) is 0. The van der Waals surface area contributed by atoms with Gasteiger partial charge in [-0.1, -0.05) is 46.7 Å². The molecule has 6 heteroatoms. The molecule has 0 aliphatic rings. The quantitative estimate of drug-likeness (QED) is 0.370. The van der Waals surface area contributed by atoms with Gasteiger partial charge in [-0.25, -0.2) is 9.97 Å². The van der Waals surface area contributed by atoms with E-state index in [0.29, 0.717) is 5.75 Å². The Hall–Kier alpha value is -2.18. The van der Waals surface area contributed by atoms with Crippen molar-refractivity contribution in [3.8, 4) is 11.1 Å². The van der Waals surface area contributed by atoms with Gasteiger partial charge < -0.3 is 4.52 Å². The molecule has 3 heterocycles. The van der Waals surface area contributed by atoms with Crippen molar-refractivity contribution in [1.82, 2.24) is 15.1 Å². The molecular weight excluding hydrogens is 338 g/mol. The lowest BCUT2D eigenvalue weighted by Gasteiger charge is -2.04. The van der Waals surface area contributed by atoms with Crippen LogP contribution in [0.1, 0.15) is 17.0 Å². The normalized spacial score (nSPS) is 11.2. The van der Waals surface area contributed by atoms with Crippen LogP contribution in [0.4, 0.5) is 0 Å². The van der Waals surface area contributed by atoms with Crippen molar-refractivity contribution in [2.75, 3.05) is 0 Å². The first-order valence-electron chi connectivity index (χ1n) is 7.55. The smallest absolute Gasteiger partial charge is 0.147 e. The molecular formula is C18H15N3OS2. The van der Waals surface area contributed by atoms with Gasteiger partial charge in [0.15, 0.2) is 0 Å². The van der Waals surface area contributed by atoms with Crippen molar-refractivity contribution in [1.29, 1.82) is 0 Å². The highest BCUT2D eigenvalue weighted by Gasteiger charge is 2.14. The van der Waals surface area contributed by atoms with E-state index in [2.05, 4.69) is 51.7 Å². The number of hydrogen-bond acceptors (Lipinski definition) is 6. The minimum absolute atomic E-state index is 0.705. The fourth-order valence-electron chi connectivity index (χ4n) is 2.53. The van der Waals surface area contributed by atoms with E-state index in [1.165, 1.54) is 16.7 Å². The Morgan fingerprint density at radius 2 is 1.96 bits per heavy atom. The summed E-state index contributed by atoms with van der Waals surface area (Å²) < 4.78 is 5.30. The van der Waals surface area contributed by atoms with E-state index in [0.717, 1.165) is 26.7 Å². The highest BCUT2D eigenvalue weighted by Crippen LogP contribution is 2.38. The summed E-state index contributed by atoms with van der Waals surface area (Å²) in [5.74, 6) is 1.56. The molecule has 0 spiro atoms. The Morgan fingerprint density at radius 3 is 2.71 bits per heavy atom. The Kier molecular flexibility index (Phi) is 4.08. The third kappa shape index (κ3) is 2.95. The first-order valence-corrected chi connectivity index (χ1v) is 9.41. The molecule has 0 N–H and O–H groups in total. The molecule has 0 bridgehead atoms. The molecule has 0 radical (unpaired) electrons. The lowest BCUT2D eigenvalue weighted by atomic mass is 10.1. The van der Waals surface area contributed by atoms with Gasteiger partial charge in [0, 0.05) is 17.0 Å². The minimum atomic E-state index is 0.705. The molecule has 0 saturated carbocycles. The van der Waals surface area contributed by atoms with Gasteiger partial charge in [-0.15, -0.1) is 11.3 Å². The molecule has 120 valence electrons. The number of aryl methyl sites for hydroxylation is 2. The van der Waals surface area contributed by atoms with Crippen LogP contribution in [-0.2, 0) is 5.75 Å². The topological polar surface area (TPSA) is 51.8 Å². The SMILES string of the molecule is Cc1ccc(-c2csc3ncnc(SCc4cc(C)no4)c23)cc1. The van der Waals surface area contributed by atoms with Gasteiger partial charge in [0.2, 0.25) is 0 Å². The summed E-state index contributed by atoms with van der Waals surface area (Å²) in [6, 6.07) is 10.5. The van der Waals surface area contributed by atoms with Gasteiger partial charge in [0.05, 0.1) is 16.8 Å². The van der Waals surface area contributed by atoms with Crippen LogP contribution < -0.4 is 0 Å². The second-order valence-electron chi connectivity index (χ2n) is 5.60. The van der Waals surface area contributed by atoms with Crippen molar-refractivity contribution >= 4 is 33.3 Å². The number of aromatic nitrogens is 3. The van der Waals surface area contributed by atoms with Crippen LogP contribution in [0.25, 0.3) is 21.3 Å². The monoisotopic (exact) mass is 353 g/mol. The van der Waals surface area contributed by atoms with Crippen LogP contribution in [0.2, 0.25) is 0 Å².